The molecule has 2 nitrogen and oxygen atoms in total. The third-order valence-corrected chi connectivity index (χ3v) is 4.60. The number of carbonyl (C=O) groups excluding carboxylic acids is 1. The molecule has 1 aliphatic heterocycles. The third kappa shape index (κ3) is 2.72. The van der Waals surface area contributed by atoms with Crippen molar-refractivity contribution >= 4 is 21.7 Å². The van der Waals surface area contributed by atoms with Gasteiger partial charge in [-0.25, -0.2) is 8.78 Å². The molecule has 1 unspecified atom stereocenters. The summed E-state index contributed by atoms with van der Waals surface area (Å²) in [6.45, 7) is 3.32. The molecule has 0 amide bonds. The number of Topliss-reactive ketones (excluding diaryl/α,β-unsaturated/α-hetero) is 1. The average molecular weight is 332 g/mol. The van der Waals surface area contributed by atoms with Crippen LogP contribution in [0.15, 0.2) is 16.6 Å². The average Bonchev–Trinajstić information content (AvgIpc) is 2.89. The Hall–Kier alpha value is -0.810. The van der Waals surface area contributed by atoms with Crippen molar-refractivity contribution in [2.24, 2.45) is 5.41 Å². The van der Waals surface area contributed by atoms with Gasteiger partial charge in [-0.15, -0.1) is 0 Å². The Morgan fingerprint density at radius 2 is 2.21 bits per heavy atom. The number of hydrogen-bond donors (Lipinski definition) is 1. The molecule has 2 rings (SSSR count). The van der Waals surface area contributed by atoms with E-state index in [4.69, 9.17) is 0 Å². The van der Waals surface area contributed by atoms with Crippen molar-refractivity contribution in [2.75, 3.05) is 13.1 Å². The molecule has 5 heteroatoms. The number of rotatable bonds is 4. The summed E-state index contributed by atoms with van der Waals surface area (Å²) in [5.74, 6) is -1.42. The lowest BCUT2D eigenvalue weighted by Crippen LogP contribution is -2.34. The summed E-state index contributed by atoms with van der Waals surface area (Å²) in [7, 11) is 0. The largest absolute Gasteiger partial charge is 0.316 e. The van der Waals surface area contributed by atoms with Gasteiger partial charge in [0.05, 0.1) is 4.47 Å². The van der Waals surface area contributed by atoms with Crippen LogP contribution < -0.4 is 5.32 Å². The molecule has 1 N–H and O–H groups in total. The van der Waals surface area contributed by atoms with Gasteiger partial charge in [0, 0.05) is 23.9 Å². The highest BCUT2D eigenvalue weighted by molar-refractivity contribution is 9.10. The van der Waals surface area contributed by atoms with E-state index in [0.717, 1.165) is 13.0 Å². The molecule has 104 valence electrons. The Kier molecular flexibility index (Phi) is 4.36. The zero-order chi connectivity index (χ0) is 14.0. The minimum Gasteiger partial charge on any atom is -0.316 e. The molecule has 1 aromatic carbocycles. The Bertz CT molecular complexity index is 498. The standard InChI is InChI=1S/C14H16BrF2NO/c1-2-14(5-6-18-8-14)12(19)7-9-11(16)4-3-10(15)13(9)17/h3-4,18H,2,5-8H2,1H3. The molecule has 1 aromatic rings. The van der Waals surface area contributed by atoms with Crippen LogP contribution >= 0.6 is 15.9 Å². The minimum absolute atomic E-state index is 0.0871. The Balaban J connectivity index is 2.26. The molecule has 1 atom stereocenters. The molecule has 1 fully saturated rings. The van der Waals surface area contributed by atoms with Gasteiger partial charge < -0.3 is 5.32 Å². The minimum atomic E-state index is -0.675. The first-order valence-corrected chi connectivity index (χ1v) is 7.16. The SMILES string of the molecule is CCC1(C(=O)Cc2c(F)ccc(Br)c2F)CCNC1. The Morgan fingerprint density at radius 3 is 2.79 bits per heavy atom. The number of ketones is 1. The van der Waals surface area contributed by atoms with Gasteiger partial charge in [-0.05, 0) is 47.4 Å². The van der Waals surface area contributed by atoms with E-state index >= 15 is 0 Å². The summed E-state index contributed by atoms with van der Waals surface area (Å²) in [5.41, 5.74) is -0.611. The van der Waals surface area contributed by atoms with E-state index in [0.29, 0.717) is 13.0 Å². The van der Waals surface area contributed by atoms with Gasteiger partial charge in [0.25, 0.3) is 0 Å². The van der Waals surface area contributed by atoms with Crippen molar-refractivity contribution in [3.05, 3.63) is 33.8 Å². The summed E-state index contributed by atoms with van der Waals surface area (Å²) < 4.78 is 27.7. The first-order valence-electron chi connectivity index (χ1n) is 6.36. The number of benzene rings is 1. The van der Waals surface area contributed by atoms with E-state index in [-0.39, 0.29) is 22.2 Å². The second-order valence-corrected chi connectivity index (χ2v) is 5.84. The highest BCUT2D eigenvalue weighted by Crippen LogP contribution is 2.33. The van der Waals surface area contributed by atoms with Crippen LogP contribution in [0.3, 0.4) is 0 Å². The summed E-state index contributed by atoms with van der Waals surface area (Å²) in [6.07, 6.45) is 1.24. The molecule has 0 saturated carbocycles. The van der Waals surface area contributed by atoms with Gasteiger partial charge >= 0.3 is 0 Å². The van der Waals surface area contributed by atoms with Crippen molar-refractivity contribution in [1.82, 2.24) is 5.32 Å². The predicted molar refractivity (Wildman–Crippen MR) is 73.0 cm³/mol. The van der Waals surface area contributed by atoms with Gasteiger partial charge in [-0.2, -0.15) is 0 Å². The van der Waals surface area contributed by atoms with E-state index in [1.54, 1.807) is 0 Å². The van der Waals surface area contributed by atoms with Crippen LogP contribution in [0, 0.1) is 17.0 Å². The zero-order valence-corrected chi connectivity index (χ0v) is 12.3. The molecule has 1 aliphatic rings. The Labute approximate surface area is 119 Å². The molecule has 0 spiro atoms. The molecule has 1 heterocycles. The normalized spacial score (nSPS) is 22.7. The lowest BCUT2D eigenvalue weighted by atomic mass is 9.78. The van der Waals surface area contributed by atoms with E-state index < -0.39 is 17.0 Å². The smallest absolute Gasteiger partial charge is 0.144 e. The van der Waals surface area contributed by atoms with Crippen LogP contribution in [0.25, 0.3) is 0 Å². The van der Waals surface area contributed by atoms with Crippen LogP contribution in [0.2, 0.25) is 0 Å². The second-order valence-electron chi connectivity index (χ2n) is 4.98. The second kappa shape index (κ2) is 5.67. The maximum absolute atomic E-state index is 13.9. The Morgan fingerprint density at radius 1 is 1.47 bits per heavy atom. The zero-order valence-electron chi connectivity index (χ0n) is 10.7. The van der Waals surface area contributed by atoms with Gasteiger partial charge in [0.15, 0.2) is 0 Å². The van der Waals surface area contributed by atoms with Crippen LogP contribution in [0.1, 0.15) is 25.3 Å². The first kappa shape index (κ1) is 14.6. The van der Waals surface area contributed by atoms with Crippen LogP contribution in [-0.4, -0.2) is 18.9 Å². The molecule has 0 aliphatic carbocycles. The summed E-state index contributed by atoms with van der Waals surface area (Å²) in [4.78, 5) is 12.4. The van der Waals surface area contributed by atoms with Gasteiger partial charge in [-0.1, -0.05) is 6.92 Å². The van der Waals surface area contributed by atoms with E-state index in [1.165, 1.54) is 12.1 Å². The predicted octanol–water partition coefficient (Wildman–Crippen LogP) is 3.23. The maximum atomic E-state index is 13.9. The highest BCUT2D eigenvalue weighted by Gasteiger charge is 2.39. The van der Waals surface area contributed by atoms with E-state index in [9.17, 15) is 13.6 Å². The number of hydrogen-bond acceptors (Lipinski definition) is 2. The van der Waals surface area contributed by atoms with Gasteiger partial charge in [0.2, 0.25) is 0 Å². The highest BCUT2D eigenvalue weighted by atomic mass is 79.9. The summed E-state index contributed by atoms with van der Waals surface area (Å²) in [5, 5.41) is 3.15. The van der Waals surface area contributed by atoms with Crippen molar-refractivity contribution < 1.29 is 13.6 Å². The lowest BCUT2D eigenvalue weighted by Gasteiger charge is -2.25. The summed E-state index contributed by atoms with van der Waals surface area (Å²) >= 11 is 3.02. The molecule has 0 aromatic heterocycles. The topological polar surface area (TPSA) is 29.1 Å². The van der Waals surface area contributed by atoms with Gasteiger partial charge in [0.1, 0.15) is 17.4 Å². The molecule has 19 heavy (non-hydrogen) atoms. The third-order valence-electron chi connectivity index (χ3n) is 3.99. The van der Waals surface area contributed by atoms with Crippen LogP contribution in [-0.2, 0) is 11.2 Å². The fourth-order valence-corrected chi connectivity index (χ4v) is 2.93. The molecular formula is C14H16BrF2NO. The quantitative estimate of drug-likeness (QED) is 0.858. The fraction of sp³-hybridized carbons (Fsp3) is 0.500. The van der Waals surface area contributed by atoms with Crippen LogP contribution in [0.4, 0.5) is 8.78 Å². The molecule has 1 saturated heterocycles. The van der Waals surface area contributed by atoms with E-state index in [1.807, 2.05) is 6.92 Å². The van der Waals surface area contributed by atoms with Crippen LogP contribution in [0.5, 0.6) is 0 Å². The molecule has 0 bridgehead atoms. The van der Waals surface area contributed by atoms with Gasteiger partial charge in [-0.3, -0.25) is 4.79 Å². The van der Waals surface area contributed by atoms with Crippen molar-refractivity contribution in [3.63, 3.8) is 0 Å². The van der Waals surface area contributed by atoms with E-state index in [2.05, 4.69) is 21.2 Å². The molecule has 0 radical (unpaired) electrons. The number of carbonyl (C=O) groups is 1. The van der Waals surface area contributed by atoms with Crippen molar-refractivity contribution in [1.29, 1.82) is 0 Å². The number of halogens is 3. The summed E-state index contributed by atoms with van der Waals surface area (Å²) in [6, 6.07) is 2.49. The monoisotopic (exact) mass is 331 g/mol. The van der Waals surface area contributed by atoms with Crippen molar-refractivity contribution in [3.8, 4) is 0 Å². The number of nitrogens with one attached hydrogen (secondary N) is 1. The maximum Gasteiger partial charge on any atom is 0.144 e. The fourth-order valence-electron chi connectivity index (χ4n) is 2.56. The first-order chi connectivity index (χ1) is 9.00. The molecular weight excluding hydrogens is 316 g/mol. The van der Waals surface area contributed by atoms with Crippen molar-refractivity contribution in [2.45, 2.75) is 26.2 Å². The lowest BCUT2D eigenvalue weighted by molar-refractivity contribution is -0.127.